The van der Waals surface area contributed by atoms with Crippen molar-refractivity contribution in [3.8, 4) is 5.75 Å². The first-order valence-electron chi connectivity index (χ1n) is 6.97. The summed E-state index contributed by atoms with van der Waals surface area (Å²) in [7, 11) is 1.63. The zero-order valence-electron chi connectivity index (χ0n) is 12.4. The van der Waals surface area contributed by atoms with E-state index in [0.717, 1.165) is 22.9 Å². The van der Waals surface area contributed by atoms with E-state index in [9.17, 15) is 4.79 Å². The highest BCUT2D eigenvalue weighted by molar-refractivity contribution is 7.16. The van der Waals surface area contributed by atoms with Gasteiger partial charge in [-0.15, -0.1) is 0 Å². The molecule has 0 unspecified atom stereocenters. The smallest absolute Gasteiger partial charge is 0.275 e. The standard InChI is InChI=1S/C15H16N4O2S/c1-3-13-18-19-14(20)8-10(17-15(19)22-13)9-16-11-6-4-5-7-12(11)21-2/h4-8,16H,3,9H2,1-2H3. The van der Waals surface area contributed by atoms with Crippen LogP contribution in [0.2, 0.25) is 0 Å². The molecule has 114 valence electrons. The van der Waals surface area contributed by atoms with E-state index in [1.54, 1.807) is 7.11 Å². The first-order valence-corrected chi connectivity index (χ1v) is 7.78. The molecule has 2 heterocycles. The molecule has 1 N–H and O–H groups in total. The Labute approximate surface area is 131 Å². The van der Waals surface area contributed by atoms with Crippen molar-refractivity contribution in [2.45, 2.75) is 19.9 Å². The lowest BCUT2D eigenvalue weighted by atomic mass is 10.3. The Kier molecular flexibility index (Phi) is 4.06. The van der Waals surface area contributed by atoms with Gasteiger partial charge < -0.3 is 10.1 Å². The molecule has 0 aliphatic rings. The lowest BCUT2D eigenvalue weighted by Gasteiger charge is -2.10. The highest BCUT2D eigenvalue weighted by atomic mass is 32.1. The second-order valence-electron chi connectivity index (χ2n) is 4.68. The molecule has 3 aromatic rings. The number of nitrogens with zero attached hydrogens (tertiary/aromatic N) is 3. The fourth-order valence-corrected chi connectivity index (χ4v) is 2.96. The van der Waals surface area contributed by atoms with Crippen LogP contribution in [-0.4, -0.2) is 21.7 Å². The van der Waals surface area contributed by atoms with Crippen LogP contribution in [0.5, 0.6) is 5.75 Å². The molecule has 0 saturated heterocycles. The molecular weight excluding hydrogens is 300 g/mol. The SMILES string of the molecule is CCc1nn2c(=O)cc(CNc3ccccc3OC)nc2s1. The van der Waals surface area contributed by atoms with E-state index in [1.165, 1.54) is 21.9 Å². The van der Waals surface area contributed by atoms with Crippen LogP contribution in [0.15, 0.2) is 35.1 Å². The summed E-state index contributed by atoms with van der Waals surface area (Å²) in [5, 5.41) is 8.38. The number of nitrogens with one attached hydrogen (secondary N) is 1. The zero-order valence-corrected chi connectivity index (χ0v) is 13.2. The summed E-state index contributed by atoms with van der Waals surface area (Å²) < 4.78 is 6.65. The number of methoxy groups -OCH3 is 1. The Morgan fingerprint density at radius 2 is 2.18 bits per heavy atom. The largest absolute Gasteiger partial charge is 0.495 e. The van der Waals surface area contributed by atoms with Crippen molar-refractivity contribution in [3.63, 3.8) is 0 Å². The van der Waals surface area contributed by atoms with Crippen molar-refractivity contribution in [1.82, 2.24) is 14.6 Å². The molecule has 0 aliphatic carbocycles. The molecule has 22 heavy (non-hydrogen) atoms. The molecule has 3 rings (SSSR count). The Hall–Kier alpha value is -2.41. The summed E-state index contributed by atoms with van der Waals surface area (Å²) in [4.78, 5) is 17.2. The van der Waals surface area contributed by atoms with Gasteiger partial charge in [0.15, 0.2) is 0 Å². The van der Waals surface area contributed by atoms with Gasteiger partial charge in [-0.25, -0.2) is 4.98 Å². The predicted octanol–water partition coefficient (Wildman–Crippen LogP) is 2.33. The first-order chi connectivity index (χ1) is 10.7. The van der Waals surface area contributed by atoms with Crippen molar-refractivity contribution >= 4 is 22.0 Å². The fraction of sp³-hybridized carbons (Fsp3) is 0.267. The van der Waals surface area contributed by atoms with Crippen LogP contribution < -0.4 is 15.6 Å². The topological polar surface area (TPSA) is 68.5 Å². The molecule has 0 bridgehead atoms. The first kappa shape index (κ1) is 14.5. The van der Waals surface area contributed by atoms with E-state index in [1.807, 2.05) is 31.2 Å². The molecule has 0 aliphatic heterocycles. The number of rotatable bonds is 5. The third-order valence-corrected chi connectivity index (χ3v) is 4.26. The molecule has 0 fully saturated rings. The number of ether oxygens (including phenoxy) is 1. The number of benzene rings is 1. The molecule has 0 saturated carbocycles. The van der Waals surface area contributed by atoms with E-state index in [4.69, 9.17) is 4.74 Å². The summed E-state index contributed by atoms with van der Waals surface area (Å²) in [5.41, 5.74) is 1.39. The third kappa shape index (κ3) is 2.80. The van der Waals surface area contributed by atoms with E-state index in [2.05, 4.69) is 15.4 Å². The van der Waals surface area contributed by atoms with Crippen LogP contribution in [0.1, 0.15) is 17.6 Å². The predicted molar refractivity (Wildman–Crippen MR) is 86.8 cm³/mol. The number of fused-ring (bicyclic) bond motifs is 1. The summed E-state index contributed by atoms with van der Waals surface area (Å²) >= 11 is 1.44. The van der Waals surface area contributed by atoms with E-state index in [0.29, 0.717) is 17.2 Å². The van der Waals surface area contributed by atoms with E-state index >= 15 is 0 Å². The molecule has 0 amide bonds. The Morgan fingerprint density at radius 3 is 2.95 bits per heavy atom. The average Bonchev–Trinajstić information content (AvgIpc) is 2.97. The minimum Gasteiger partial charge on any atom is -0.495 e. The minimum absolute atomic E-state index is 0.155. The molecule has 0 spiro atoms. The van der Waals surface area contributed by atoms with Crippen molar-refractivity contribution in [1.29, 1.82) is 0 Å². The van der Waals surface area contributed by atoms with Gasteiger partial charge in [-0.05, 0) is 18.6 Å². The van der Waals surface area contributed by atoms with Crippen LogP contribution in [0.3, 0.4) is 0 Å². The van der Waals surface area contributed by atoms with Crippen LogP contribution in [-0.2, 0) is 13.0 Å². The average molecular weight is 316 g/mol. The summed E-state index contributed by atoms with van der Waals surface area (Å²) in [6.07, 6.45) is 0.794. The Balaban J connectivity index is 1.86. The normalized spacial score (nSPS) is 10.8. The van der Waals surface area contributed by atoms with Crippen molar-refractivity contribution in [2.24, 2.45) is 0 Å². The van der Waals surface area contributed by atoms with Gasteiger partial charge in [0.2, 0.25) is 4.96 Å². The van der Waals surface area contributed by atoms with Gasteiger partial charge in [0, 0.05) is 6.07 Å². The van der Waals surface area contributed by atoms with Gasteiger partial charge in [-0.1, -0.05) is 30.4 Å². The molecule has 0 atom stereocenters. The minimum atomic E-state index is -0.155. The van der Waals surface area contributed by atoms with E-state index in [-0.39, 0.29) is 5.56 Å². The lowest BCUT2D eigenvalue weighted by molar-refractivity contribution is 0.416. The summed E-state index contributed by atoms with van der Waals surface area (Å²) in [5.74, 6) is 0.756. The summed E-state index contributed by atoms with van der Waals surface area (Å²) in [6, 6.07) is 9.14. The monoisotopic (exact) mass is 316 g/mol. The van der Waals surface area contributed by atoms with Gasteiger partial charge in [-0.3, -0.25) is 4.79 Å². The number of anilines is 1. The van der Waals surface area contributed by atoms with Gasteiger partial charge in [0.25, 0.3) is 5.56 Å². The number of hydrogen-bond donors (Lipinski definition) is 1. The van der Waals surface area contributed by atoms with Crippen LogP contribution >= 0.6 is 11.3 Å². The zero-order chi connectivity index (χ0) is 15.5. The van der Waals surface area contributed by atoms with Gasteiger partial charge in [-0.2, -0.15) is 9.61 Å². The highest BCUT2D eigenvalue weighted by Gasteiger charge is 2.08. The Bertz CT molecular complexity index is 856. The Morgan fingerprint density at radius 1 is 1.36 bits per heavy atom. The second-order valence-corrected chi connectivity index (χ2v) is 5.72. The van der Waals surface area contributed by atoms with Crippen LogP contribution in [0.4, 0.5) is 5.69 Å². The molecule has 0 radical (unpaired) electrons. The maximum atomic E-state index is 12.1. The summed E-state index contributed by atoms with van der Waals surface area (Å²) in [6.45, 7) is 2.46. The molecular formula is C15H16N4O2S. The second kappa shape index (κ2) is 6.15. The highest BCUT2D eigenvalue weighted by Crippen LogP contribution is 2.23. The number of hydrogen-bond acceptors (Lipinski definition) is 6. The molecule has 6 nitrogen and oxygen atoms in total. The van der Waals surface area contributed by atoms with Crippen LogP contribution in [0, 0.1) is 0 Å². The number of aryl methyl sites for hydroxylation is 1. The number of aromatic nitrogens is 3. The molecule has 1 aromatic carbocycles. The van der Waals surface area contributed by atoms with Gasteiger partial charge >= 0.3 is 0 Å². The van der Waals surface area contributed by atoms with Gasteiger partial charge in [0.05, 0.1) is 25.0 Å². The fourth-order valence-electron chi connectivity index (χ4n) is 2.11. The maximum absolute atomic E-state index is 12.1. The van der Waals surface area contributed by atoms with Crippen molar-refractivity contribution in [3.05, 3.63) is 51.4 Å². The maximum Gasteiger partial charge on any atom is 0.275 e. The lowest BCUT2D eigenvalue weighted by Crippen LogP contribution is -2.16. The van der Waals surface area contributed by atoms with Gasteiger partial charge in [0.1, 0.15) is 10.8 Å². The third-order valence-electron chi connectivity index (χ3n) is 3.21. The molecule has 2 aromatic heterocycles. The molecule has 7 heteroatoms. The van der Waals surface area contributed by atoms with Crippen molar-refractivity contribution < 1.29 is 4.74 Å². The van der Waals surface area contributed by atoms with Crippen molar-refractivity contribution in [2.75, 3.05) is 12.4 Å². The van der Waals surface area contributed by atoms with Crippen LogP contribution in [0.25, 0.3) is 4.96 Å². The number of para-hydroxylation sites is 2. The van der Waals surface area contributed by atoms with E-state index < -0.39 is 0 Å². The quantitative estimate of drug-likeness (QED) is 0.782.